The van der Waals surface area contributed by atoms with Gasteiger partial charge in [-0.15, -0.1) is 0 Å². The summed E-state index contributed by atoms with van der Waals surface area (Å²) < 4.78 is 0. The van der Waals surface area contributed by atoms with Crippen molar-refractivity contribution in [3.63, 3.8) is 0 Å². The second-order valence-corrected chi connectivity index (χ2v) is 5.04. The van der Waals surface area contributed by atoms with Crippen molar-refractivity contribution < 1.29 is 4.79 Å². The van der Waals surface area contributed by atoms with Gasteiger partial charge < -0.3 is 20.9 Å². The third-order valence-electron chi connectivity index (χ3n) is 3.69. The lowest BCUT2D eigenvalue weighted by molar-refractivity contribution is 0.248. The van der Waals surface area contributed by atoms with Crippen LogP contribution in [-0.4, -0.2) is 44.2 Å². The van der Waals surface area contributed by atoms with Gasteiger partial charge in [-0.25, -0.2) is 4.79 Å². The number of carbonyl (C=O) groups is 1. The molecule has 5 nitrogen and oxygen atoms in total. The maximum Gasteiger partial charge on any atom is 0.319 e. The zero-order chi connectivity index (χ0) is 15.7. The van der Waals surface area contributed by atoms with Crippen LogP contribution in [0.3, 0.4) is 0 Å². The number of likely N-dealkylation sites (N-methyl/N-ethyl adjacent to an activating group) is 1. The molecule has 1 unspecified atom stereocenters. The van der Waals surface area contributed by atoms with Crippen molar-refractivity contribution in [1.82, 2.24) is 15.5 Å². The molecule has 0 spiro atoms. The topological polar surface area (TPSA) is 56.4 Å². The van der Waals surface area contributed by atoms with Crippen LogP contribution in [0.4, 0.5) is 10.5 Å². The van der Waals surface area contributed by atoms with Crippen molar-refractivity contribution in [2.24, 2.45) is 0 Å². The summed E-state index contributed by atoms with van der Waals surface area (Å²) in [7, 11) is 1.92. The lowest BCUT2D eigenvalue weighted by Crippen LogP contribution is -2.36. The Morgan fingerprint density at radius 2 is 2.00 bits per heavy atom. The number of amides is 2. The summed E-state index contributed by atoms with van der Waals surface area (Å²) in [5, 5.41) is 8.95. The third kappa shape index (κ3) is 6.14. The number of nitrogens with zero attached hydrogens (tertiary/aromatic N) is 1. The minimum Gasteiger partial charge on any atom is -0.337 e. The SMILES string of the molecule is CCN(CC)CCNC(=O)Nc1cccc(C(C)NC)c1. The quantitative estimate of drug-likeness (QED) is 0.690. The summed E-state index contributed by atoms with van der Waals surface area (Å²) in [5.41, 5.74) is 1.97. The van der Waals surface area contributed by atoms with E-state index in [4.69, 9.17) is 0 Å². The maximum absolute atomic E-state index is 11.9. The van der Waals surface area contributed by atoms with Crippen LogP contribution in [0.1, 0.15) is 32.4 Å². The van der Waals surface area contributed by atoms with Crippen molar-refractivity contribution in [1.29, 1.82) is 0 Å². The smallest absolute Gasteiger partial charge is 0.319 e. The van der Waals surface area contributed by atoms with E-state index in [0.29, 0.717) is 6.54 Å². The van der Waals surface area contributed by atoms with Crippen LogP contribution < -0.4 is 16.0 Å². The minimum absolute atomic E-state index is 0.156. The van der Waals surface area contributed by atoms with Crippen molar-refractivity contribution >= 4 is 11.7 Å². The molecule has 118 valence electrons. The fraction of sp³-hybridized carbons (Fsp3) is 0.562. The van der Waals surface area contributed by atoms with E-state index in [9.17, 15) is 4.79 Å². The molecule has 2 amide bonds. The third-order valence-corrected chi connectivity index (χ3v) is 3.69. The number of hydrogen-bond acceptors (Lipinski definition) is 3. The van der Waals surface area contributed by atoms with Crippen LogP contribution in [0.15, 0.2) is 24.3 Å². The van der Waals surface area contributed by atoms with Gasteiger partial charge in [-0.1, -0.05) is 26.0 Å². The van der Waals surface area contributed by atoms with E-state index in [1.165, 1.54) is 0 Å². The molecule has 1 rings (SSSR count). The molecule has 0 aromatic heterocycles. The average molecular weight is 292 g/mol. The van der Waals surface area contributed by atoms with Crippen LogP contribution in [0, 0.1) is 0 Å². The number of rotatable bonds is 8. The normalized spacial score (nSPS) is 12.2. The first-order valence-corrected chi connectivity index (χ1v) is 7.65. The van der Waals surface area contributed by atoms with Crippen molar-refractivity contribution in [3.8, 4) is 0 Å². The van der Waals surface area contributed by atoms with Crippen LogP contribution in [-0.2, 0) is 0 Å². The number of urea groups is 1. The first kappa shape index (κ1) is 17.5. The Morgan fingerprint density at radius 3 is 2.62 bits per heavy atom. The predicted molar refractivity (Wildman–Crippen MR) is 88.7 cm³/mol. The van der Waals surface area contributed by atoms with Gasteiger partial charge in [-0.2, -0.15) is 0 Å². The van der Waals surface area contributed by atoms with E-state index in [1.54, 1.807) is 0 Å². The van der Waals surface area contributed by atoms with E-state index in [2.05, 4.69) is 41.6 Å². The molecule has 0 heterocycles. The zero-order valence-corrected chi connectivity index (χ0v) is 13.6. The van der Waals surface area contributed by atoms with Gasteiger partial charge in [0.2, 0.25) is 0 Å². The van der Waals surface area contributed by atoms with E-state index in [-0.39, 0.29) is 12.1 Å². The lowest BCUT2D eigenvalue weighted by atomic mass is 10.1. The van der Waals surface area contributed by atoms with Gasteiger partial charge in [0.25, 0.3) is 0 Å². The summed E-state index contributed by atoms with van der Waals surface area (Å²) in [4.78, 5) is 14.1. The molecule has 1 aromatic carbocycles. The molecule has 3 N–H and O–H groups in total. The standard InChI is InChI=1S/C16H28N4O/c1-5-20(6-2)11-10-18-16(21)19-15-9-7-8-14(12-15)13(3)17-4/h7-9,12-13,17H,5-6,10-11H2,1-4H3,(H2,18,19,21). The molecular formula is C16H28N4O. The van der Waals surface area contributed by atoms with E-state index >= 15 is 0 Å². The van der Waals surface area contributed by atoms with Gasteiger partial charge in [-0.3, -0.25) is 0 Å². The molecule has 21 heavy (non-hydrogen) atoms. The van der Waals surface area contributed by atoms with Crippen LogP contribution in [0.2, 0.25) is 0 Å². The zero-order valence-electron chi connectivity index (χ0n) is 13.6. The van der Waals surface area contributed by atoms with Crippen LogP contribution in [0.25, 0.3) is 0 Å². The van der Waals surface area contributed by atoms with Crippen LogP contribution >= 0.6 is 0 Å². The van der Waals surface area contributed by atoms with Gasteiger partial charge in [0.1, 0.15) is 0 Å². The summed E-state index contributed by atoms with van der Waals surface area (Å²) in [6, 6.07) is 7.99. The van der Waals surface area contributed by atoms with Crippen LogP contribution in [0.5, 0.6) is 0 Å². The fourth-order valence-corrected chi connectivity index (χ4v) is 2.10. The molecule has 5 heteroatoms. The summed E-state index contributed by atoms with van der Waals surface area (Å²) in [6.45, 7) is 9.87. The maximum atomic E-state index is 11.9. The highest BCUT2D eigenvalue weighted by Gasteiger charge is 2.06. The largest absolute Gasteiger partial charge is 0.337 e. The number of hydrogen-bond donors (Lipinski definition) is 3. The molecule has 0 fully saturated rings. The van der Waals surface area contributed by atoms with E-state index in [0.717, 1.165) is 30.9 Å². The molecule has 0 bridgehead atoms. The predicted octanol–water partition coefficient (Wildman–Crippen LogP) is 2.43. The number of nitrogens with one attached hydrogen (secondary N) is 3. The van der Waals surface area contributed by atoms with Crippen molar-refractivity contribution in [2.75, 3.05) is 38.5 Å². The summed E-state index contributed by atoms with van der Waals surface area (Å²) in [6.07, 6.45) is 0. The number of carbonyl (C=O) groups excluding carboxylic acids is 1. The Morgan fingerprint density at radius 1 is 1.29 bits per heavy atom. The van der Waals surface area contributed by atoms with Gasteiger partial charge in [0, 0.05) is 24.8 Å². The Kier molecular flexibility index (Phi) is 7.79. The monoisotopic (exact) mass is 292 g/mol. The minimum atomic E-state index is -0.156. The van der Waals surface area contributed by atoms with E-state index < -0.39 is 0 Å². The summed E-state index contributed by atoms with van der Waals surface area (Å²) in [5.74, 6) is 0. The number of anilines is 1. The Labute approximate surface area is 128 Å². The second kappa shape index (κ2) is 9.37. The second-order valence-electron chi connectivity index (χ2n) is 5.04. The molecule has 0 aliphatic carbocycles. The highest BCUT2D eigenvalue weighted by molar-refractivity contribution is 5.89. The highest BCUT2D eigenvalue weighted by Crippen LogP contribution is 2.16. The first-order chi connectivity index (χ1) is 10.1. The molecule has 0 radical (unpaired) electrons. The first-order valence-electron chi connectivity index (χ1n) is 7.65. The van der Waals surface area contributed by atoms with Gasteiger partial charge in [0.15, 0.2) is 0 Å². The average Bonchev–Trinajstić information content (AvgIpc) is 2.51. The molecule has 0 aliphatic rings. The van der Waals surface area contributed by atoms with Gasteiger partial charge in [-0.05, 0) is 44.8 Å². The Balaban J connectivity index is 2.44. The van der Waals surface area contributed by atoms with Gasteiger partial charge in [0.05, 0.1) is 0 Å². The summed E-state index contributed by atoms with van der Waals surface area (Å²) >= 11 is 0. The molecule has 0 aliphatic heterocycles. The van der Waals surface area contributed by atoms with E-state index in [1.807, 2.05) is 31.3 Å². The molecule has 0 saturated heterocycles. The molecular weight excluding hydrogens is 264 g/mol. The molecule has 1 atom stereocenters. The molecule has 1 aromatic rings. The highest BCUT2D eigenvalue weighted by atomic mass is 16.2. The Bertz CT molecular complexity index is 432. The Hall–Kier alpha value is -1.59. The van der Waals surface area contributed by atoms with Gasteiger partial charge >= 0.3 is 6.03 Å². The van der Waals surface area contributed by atoms with Crippen molar-refractivity contribution in [2.45, 2.75) is 26.8 Å². The number of benzene rings is 1. The lowest BCUT2D eigenvalue weighted by Gasteiger charge is -2.18. The molecule has 0 saturated carbocycles. The fourth-order valence-electron chi connectivity index (χ4n) is 2.10. The van der Waals surface area contributed by atoms with Crippen molar-refractivity contribution in [3.05, 3.63) is 29.8 Å².